The van der Waals surface area contributed by atoms with E-state index in [2.05, 4.69) is 0 Å². The van der Waals surface area contributed by atoms with Crippen molar-refractivity contribution in [2.75, 3.05) is 14.2 Å². The first-order valence-corrected chi connectivity index (χ1v) is 12.6. The minimum atomic E-state index is -3.61. The van der Waals surface area contributed by atoms with Crippen molar-refractivity contribution < 1.29 is 17.9 Å². The maximum absolute atomic E-state index is 13.4. The number of benzene rings is 2. The second-order valence-corrected chi connectivity index (χ2v) is 10.7. The molecule has 1 heterocycles. The first-order chi connectivity index (χ1) is 15.2. The first-order valence-electron chi connectivity index (χ1n) is 10.3. The lowest BCUT2D eigenvalue weighted by molar-refractivity contribution is 0.0730. The van der Waals surface area contributed by atoms with Gasteiger partial charge in [0.25, 0.3) is 5.91 Å². The average molecular weight is 473 g/mol. The van der Waals surface area contributed by atoms with Crippen molar-refractivity contribution in [2.45, 2.75) is 37.9 Å². The molecule has 1 amide bonds. The van der Waals surface area contributed by atoms with Gasteiger partial charge < -0.3 is 9.64 Å². The van der Waals surface area contributed by atoms with Crippen molar-refractivity contribution in [1.29, 1.82) is 0 Å². The van der Waals surface area contributed by atoms with Crippen molar-refractivity contribution in [3.8, 4) is 5.75 Å². The zero-order valence-electron chi connectivity index (χ0n) is 18.7. The lowest BCUT2D eigenvalue weighted by atomic mass is 10.1. The lowest BCUT2D eigenvalue weighted by Gasteiger charge is -2.24. The van der Waals surface area contributed by atoms with E-state index in [0.29, 0.717) is 18.7 Å². The van der Waals surface area contributed by atoms with Gasteiger partial charge in [0, 0.05) is 29.1 Å². The average Bonchev–Trinajstić information content (AvgIpc) is 3.31. The van der Waals surface area contributed by atoms with Gasteiger partial charge in [-0.15, -0.1) is 11.3 Å². The van der Waals surface area contributed by atoms with Gasteiger partial charge in [-0.3, -0.25) is 4.79 Å². The summed E-state index contributed by atoms with van der Waals surface area (Å²) in [5.41, 5.74) is 1.33. The molecule has 2 aromatic carbocycles. The quantitative estimate of drug-likeness (QED) is 0.455. The molecule has 0 saturated heterocycles. The number of thiophene rings is 1. The molecule has 0 aliphatic rings. The molecule has 0 spiro atoms. The maximum atomic E-state index is 13.4. The third kappa shape index (κ3) is 5.38. The Labute approximate surface area is 194 Å². The number of hydrogen-bond donors (Lipinski definition) is 0. The third-order valence-electron chi connectivity index (χ3n) is 5.27. The molecule has 0 radical (unpaired) electrons. The molecule has 8 heteroatoms. The minimum absolute atomic E-state index is 0.163. The van der Waals surface area contributed by atoms with Gasteiger partial charge in [-0.1, -0.05) is 24.3 Å². The molecule has 6 nitrogen and oxygen atoms in total. The number of nitrogens with zero attached hydrogens (tertiary/aromatic N) is 2. The fourth-order valence-corrected chi connectivity index (χ4v) is 5.31. The van der Waals surface area contributed by atoms with E-state index in [1.165, 1.54) is 16.4 Å². The summed E-state index contributed by atoms with van der Waals surface area (Å²) in [4.78, 5) is 16.4. The molecular weight excluding hydrogens is 444 g/mol. The number of carbonyl (C=O) groups excluding carboxylic acids is 1. The van der Waals surface area contributed by atoms with E-state index in [1.54, 1.807) is 42.5 Å². The van der Waals surface area contributed by atoms with Crippen molar-refractivity contribution >= 4 is 27.3 Å². The summed E-state index contributed by atoms with van der Waals surface area (Å²) in [5, 5.41) is 1.98. The van der Waals surface area contributed by atoms with Crippen LogP contribution < -0.4 is 4.74 Å². The zero-order chi connectivity index (χ0) is 23.3. The molecule has 0 aliphatic heterocycles. The molecule has 0 fully saturated rings. The van der Waals surface area contributed by atoms with Crippen LogP contribution in [-0.4, -0.2) is 43.7 Å². The van der Waals surface area contributed by atoms with Crippen LogP contribution in [0.5, 0.6) is 5.75 Å². The van der Waals surface area contributed by atoms with Crippen LogP contribution in [0.1, 0.15) is 34.6 Å². The van der Waals surface area contributed by atoms with Gasteiger partial charge in [0.1, 0.15) is 5.75 Å². The van der Waals surface area contributed by atoms with Gasteiger partial charge >= 0.3 is 0 Å². The largest absolute Gasteiger partial charge is 0.496 e. The van der Waals surface area contributed by atoms with E-state index in [-0.39, 0.29) is 16.8 Å². The Morgan fingerprint density at radius 1 is 1.00 bits per heavy atom. The van der Waals surface area contributed by atoms with Crippen molar-refractivity contribution in [3.05, 3.63) is 82.0 Å². The summed E-state index contributed by atoms with van der Waals surface area (Å²) in [7, 11) is -0.447. The topological polar surface area (TPSA) is 66.9 Å². The summed E-state index contributed by atoms with van der Waals surface area (Å²) >= 11 is 1.59. The number of rotatable bonds is 9. The zero-order valence-corrected chi connectivity index (χ0v) is 20.3. The molecule has 0 bridgehead atoms. The second-order valence-electron chi connectivity index (χ2n) is 7.69. The Morgan fingerprint density at radius 3 is 2.28 bits per heavy atom. The highest BCUT2D eigenvalue weighted by atomic mass is 32.2. The number of sulfonamides is 1. The van der Waals surface area contributed by atoms with E-state index >= 15 is 0 Å². The van der Waals surface area contributed by atoms with Crippen LogP contribution in [0.2, 0.25) is 0 Å². The standard InChI is InChI=1S/C24H28N2O4S2/c1-18(2)25(3)32(28,29)22-13-11-19(12-14-22)24(27)26(17-21-9-7-15-31-21)16-20-8-5-6-10-23(20)30-4/h5-15,18H,16-17H2,1-4H3. The van der Waals surface area contributed by atoms with Gasteiger partial charge in [0.15, 0.2) is 0 Å². The second kappa shape index (κ2) is 10.3. The number of ether oxygens (including phenoxy) is 1. The molecule has 1 aromatic heterocycles. The predicted molar refractivity (Wildman–Crippen MR) is 127 cm³/mol. The molecule has 0 aliphatic carbocycles. The van der Waals surface area contributed by atoms with E-state index in [9.17, 15) is 13.2 Å². The number of para-hydroxylation sites is 1. The van der Waals surface area contributed by atoms with Crippen LogP contribution in [0.4, 0.5) is 0 Å². The van der Waals surface area contributed by atoms with Crippen LogP contribution in [0.25, 0.3) is 0 Å². The highest BCUT2D eigenvalue weighted by molar-refractivity contribution is 7.89. The number of amides is 1. The molecule has 170 valence electrons. The number of hydrogen-bond acceptors (Lipinski definition) is 5. The summed E-state index contributed by atoms with van der Waals surface area (Å²) in [6.45, 7) is 4.45. The van der Waals surface area contributed by atoms with Gasteiger partial charge in [-0.2, -0.15) is 4.31 Å². The Hall–Kier alpha value is -2.68. The molecular formula is C24H28N2O4S2. The number of methoxy groups -OCH3 is 1. The van der Waals surface area contributed by atoms with Crippen LogP contribution in [-0.2, 0) is 23.1 Å². The Balaban J connectivity index is 1.89. The summed E-state index contributed by atoms with van der Waals surface area (Å²) in [6, 6.07) is 17.5. The summed E-state index contributed by atoms with van der Waals surface area (Å²) in [6.07, 6.45) is 0. The smallest absolute Gasteiger partial charge is 0.254 e. The highest BCUT2D eigenvalue weighted by Gasteiger charge is 2.24. The fourth-order valence-electron chi connectivity index (χ4n) is 3.23. The van der Waals surface area contributed by atoms with Crippen LogP contribution >= 0.6 is 11.3 Å². The van der Waals surface area contributed by atoms with Crippen molar-refractivity contribution in [3.63, 3.8) is 0 Å². The van der Waals surface area contributed by atoms with Gasteiger partial charge in [-0.25, -0.2) is 8.42 Å². The molecule has 3 rings (SSSR count). The molecule has 32 heavy (non-hydrogen) atoms. The highest BCUT2D eigenvalue weighted by Crippen LogP contribution is 2.24. The minimum Gasteiger partial charge on any atom is -0.496 e. The summed E-state index contributed by atoms with van der Waals surface area (Å²) < 4.78 is 32.2. The van der Waals surface area contributed by atoms with Crippen molar-refractivity contribution in [1.82, 2.24) is 9.21 Å². The normalized spacial score (nSPS) is 11.7. The molecule has 0 N–H and O–H groups in total. The van der Waals surface area contributed by atoms with E-state index in [4.69, 9.17) is 4.74 Å². The van der Waals surface area contributed by atoms with Crippen LogP contribution in [0.15, 0.2) is 70.9 Å². The van der Waals surface area contributed by atoms with Gasteiger partial charge in [0.05, 0.1) is 25.1 Å². The molecule has 0 unspecified atom stereocenters. The summed E-state index contributed by atoms with van der Waals surface area (Å²) in [5.74, 6) is 0.542. The van der Waals surface area contributed by atoms with E-state index < -0.39 is 10.0 Å². The Kier molecular flexibility index (Phi) is 7.71. The SMILES string of the molecule is COc1ccccc1CN(Cc1cccs1)C(=O)c1ccc(S(=O)(=O)N(C)C(C)C)cc1. The van der Waals surface area contributed by atoms with Gasteiger partial charge in [-0.05, 0) is 55.6 Å². The van der Waals surface area contributed by atoms with Crippen LogP contribution in [0, 0.1) is 0 Å². The van der Waals surface area contributed by atoms with E-state index in [1.807, 2.05) is 55.6 Å². The Morgan fingerprint density at radius 2 is 1.69 bits per heavy atom. The monoisotopic (exact) mass is 472 g/mol. The first kappa shape index (κ1) is 24.0. The van der Waals surface area contributed by atoms with Crippen molar-refractivity contribution in [2.24, 2.45) is 0 Å². The Bertz CT molecular complexity index is 1140. The maximum Gasteiger partial charge on any atom is 0.254 e. The predicted octanol–water partition coefficient (Wildman–Crippen LogP) is 4.63. The van der Waals surface area contributed by atoms with Crippen LogP contribution in [0.3, 0.4) is 0 Å². The molecule has 0 saturated carbocycles. The fraction of sp³-hybridized carbons (Fsp3) is 0.292. The molecule has 3 aromatic rings. The lowest BCUT2D eigenvalue weighted by Crippen LogP contribution is -2.33. The molecule has 0 atom stereocenters. The number of carbonyl (C=O) groups is 1. The van der Waals surface area contributed by atoms with E-state index in [0.717, 1.165) is 16.2 Å². The third-order valence-corrected chi connectivity index (χ3v) is 8.18. The van der Waals surface area contributed by atoms with Gasteiger partial charge in [0.2, 0.25) is 10.0 Å².